The average Bonchev–Trinajstić information content (AvgIpc) is 2.06. The summed E-state index contributed by atoms with van der Waals surface area (Å²) in [6, 6.07) is 1.51. The van der Waals surface area contributed by atoms with Crippen molar-refractivity contribution in [1.82, 2.24) is 4.98 Å². The van der Waals surface area contributed by atoms with Crippen LogP contribution in [-0.4, -0.2) is 22.2 Å². The Kier molecular flexibility index (Phi) is 2.69. The fourth-order valence-corrected chi connectivity index (χ4v) is 1.72. The number of pyridine rings is 1. The molecule has 14 heavy (non-hydrogen) atoms. The molecule has 5 heteroatoms. The normalized spacial score (nSPS) is 25.6. The van der Waals surface area contributed by atoms with Gasteiger partial charge in [0, 0.05) is 16.7 Å². The lowest BCUT2D eigenvalue weighted by atomic mass is 9.89. The molecule has 0 radical (unpaired) electrons. The fraction of sp³-hybridized carbons (Fsp3) is 0.444. The number of rotatable bonds is 2. The highest BCUT2D eigenvalue weighted by atomic mass is 79.9. The summed E-state index contributed by atoms with van der Waals surface area (Å²) >= 11 is 3.13. The second kappa shape index (κ2) is 3.82. The maximum absolute atomic E-state index is 13.3. The van der Waals surface area contributed by atoms with Crippen LogP contribution in [0.1, 0.15) is 12.8 Å². The summed E-state index contributed by atoms with van der Waals surface area (Å²) in [6.07, 6.45) is 2.63. The zero-order chi connectivity index (χ0) is 10.1. The molecule has 0 saturated heterocycles. The Labute approximate surface area is 89.5 Å². The van der Waals surface area contributed by atoms with E-state index in [0.29, 0.717) is 17.3 Å². The molecule has 3 nitrogen and oxygen atoms in total. The molecular weight excluding hydrogens is 251 g/mol. The van der Waals surface area contributed by atoms with Gasteiger partial charge in [0.25, 0.3) is 0 Å². The number of hydrogen-bond donors (Lipinski definition) is 2. The van der Waals surface area contributed by atoms with E-state index in [1.165, 1.54) is 6.07 Å². The Morgan fingerprint density at radius 2 is 2.29 bits per heavy atom. The molecule has 1 aromatic heterocycles. The van der Waals surface area contributed by atoms with Crippen molar-refractivity contribution in [3.63, 3.8) is 0 Å². The van der Waals surface area contributed by atoms with E-state index in [9.17, 15) is 4.39 Å². The first-order chi connectivity index (χ1) is 6.65. The van der Waals surface area contributed by atoms with Crippen molar-refractivity contribution in [2.75, 3.05) is 5.32 Å². The third-order valence-corrected chi connectivity index (χ3v) is 2.70. The maximum atomic E-state index is 13.3. The second-order valence-electron chi connectivity index (χ2n) is 3.45. The molecule has 1 saturated carbocycles. The number of aliphatic hydroxyl groups is 1. The molecule has 2 rings (SSSR count). The van der Waals surface area contributed by atoms with Gasteiger partial charge >= 0.3 is 0 Å². The molecule has 0 aliphatic heterocycles. The van der Waals surface area contributed by atoms with Crippen LogP contribution in [0.2, 0.25) is 0 Å². The van der Waals surface area contributed by atoms with E-state index in [1.807, 2.05) is 0 Å². The number of aromatic nitrogens is 1. The first kappa shape index (κ1) is 9.86. The summed E-state index contributed by atoms with van der Waals surface area (Å²) < 4.78 is 13.9. The second-order valence-corrected chi connectivity index (χ2v) is 4.37. The van der Waals surface area contributed by atoms with Crippen LogP contribution in [0.5, 0.6) is 0 Å². The van der Waals surface area contributed by atoms with Crippen LogP contribution in [0.4, 0.5) is 10.2 Å². The quantitative estimate of drug-likeness (QED) is 0.854. The van der Waals surface area contributed by atoms with Gasteiger partial charge in [0.05, 0.1) is 6.10 Å². The van der Waals surface area contributed by atoms with Gasteiger partial charge in [-0.3, -0.25) is 0 Å². The summed E-state index contributed by atoms with van der Waals surface area (Å²) in [5, 5.41) is 12.0. The van der Waals surface area contributed by atoms with Crippen molar-refractivity contribution >= 4 is 21.7 Å². The largest absolute Gasteiger partial charge is 0.393 e. The van der Waals surface area contributed by atoms with Gasteiger partial charge in [0.2, 0.25) is 0 Å². The van der Waals surface area contributed by atoms with E-state index < -0.39 is 0 Å². The molecule has 0 spiro atoms. The van der Waals surface area contributed by atoms with Crippen molar-refractivity contribution in [2.45, 2.75) is 25.0 Å². The first-order valence-electron chi connectivity index (χ1n) is 4.41. The fourth-order valence-electron chi connectivity index (χ4n) is 1.42. The lowest BCUT2D eigenvalue weighted by Gasteiger charge is -2.32. The standard InChI is InChI=1S/C9H10BrFN2O/c10-5-1-8(11)9(12-4-5)13-6-2-7(14)3-6/h1,4,6-7,14H,2-3H2,(H,12,13). The van der Waals surface area contributed by atoms with E-state index in [4.69, 9.17) is 5.11 Å². The molecule has 1 aliphatic carbocycles. The first-order valence-corrected chi connectivity index (χ1v) is 5.20. The van der Waals surface area contributed by atoms with Gasteiger partial charge in [0.15, 0.2) is 11.6 Å². The Bertz CT molecular complexity index is 342. The van der Waals surface area contributed by atoms with Gasteiger partial charge < -0.3 is 10.4 Å². The van der Waals surface area contributed by atoms with Crippen molar-refractivity contribution in [3.05, 3.63) is 22.6 Å². The highest BCUT2D eigenvalue weighted by Gasteiger charge is 2.27. The van der Waals surface area contributed by atoms with Crippen LogP contribution in [0.25, 0.3) is 0 Å². The molecule has 0 unspecified atom stereocenters. The minimum Gasteiger partial charge on any atom is -0.393 e. The van der Waals surface area contributed by atoms with Gasteiger partial charge in [-0.2, -0.15) is 0 Å². The van der Waals surface area contributed by atoms with Gasteiger partial charge in [0.1, 0.15) is 0 Å². The summed E-state index contributed by atoms with van der Waals surface area (Å²) in [5.74, 6) is -0.120. The van der Waals surface area contributed by atoms with Gasteiger partial charge in [-0.25, -0.2) is 9.37 Å². The SMILES string of the molecule is OC1CC(Nc2ncc(Br)cc2F)C1. The highest BCUT2D eigenvalue weighted by Crippen LogP contribution is 2.25. The van der Waals surface area contributed by atoms with Crippen LogP contribution >= 0.6 is 15.9 Å². The zero-order valence-electron chi connectivity index (χ0n) is 7.37. The lowest BCUT2D eigenvalue weighted by Crippen LogP contribution is -2.39. The Morgan fingerprint density at radius 3 is 2.86 bits per heavy atom. The topological polar surface area (TPSA) is 45.1 Å². The van der Waals surface area contributed by atoms with Crippen LogP contribution in [0.3, 0.4) is 0 Å². The lowest BCUT2D eigenvalue weighted by molar-refractivity contribution is 0.0834. The third-order valence-electron chi connectivity index (χ3n) is 2.26. The predicted molar refractivity (Wildman–Crippen MR) is 54.5 cm³/mol. The summed E-state index contributed by atoms with van der Waals surface area (Å²) in [6.45, 7) is 0. The van der Waals surface area contributed by atoms with E-state index in [1.54, 1.807) is 6.20 Å². The molecule has 1 aromatic rings. The van der Waals surface area contributed by atoms with Crippen molar-refractivity contribution in [1.29, 1.82) is 0 Å². The van der Waals surface area contributed by atoms with Crippen LogP contribution < -0.4 is 5.32 Å². The third kappa shape index (κ3) is 2.04. The molecule has 1 aliphatic rings. The number of halogens is 2. The number of anilines is 1. The summed E-state index contributed by atoms with van der Waals surface area (Å²) in [5.41, 5.74) is 0. The predicted octanol–water partition coefficient (Wildman–Crippen LogP) is 1.92. The number of hydrogen-bond acceptors (Lipinski definition) is 3. The number of nitrogens with one attached hydrogen (secondary N) is 1. The number of nitrogens with zero attached hydrogens (tertiary/aromatic N) is 1. The molecule has 0 atom stereocenters. The average molecular weight is 261 g/mol. The molecule has 0 bridgehead atoms. The monoisotopic (exact) mass is 260 g/mol. The van der Waals surface area contributed by atoms with Gasteiger partial charge in [-0.1, -0.05) is 0 Å². The van der Waals surface area contributed by atoms with E-state index >= 15 is 0 Å². The van der Waals surface area contributed by atoms with E-state index in [2.05, 4.69) is 26.2 Å². The van der Waals surface area contributed by atoms with Crippen LogP contribution in [0.15, 0.2) is 16.7 Å². The van der Waals surface area contributed by atoms with Crippen molar-refractivity contribution in [3.8, 4) is 0 Å². The van der Waals surface area contributed by atoms with Gasteiger partial charge in [-0.05, 0) is 34.8 Å². The Hall–Kier alpha value is -0.680. The molecule has 0 aromatic carbocycles. The molecule has 2 N–H and O–H groups in total. The Balaban J connectivity index is 2.02. The van der Waals surface area contributed by atoms with E-state index in [-0.39, 0.29) is 23.8 Å². The zero-order valence-corrected chi connectivity index (χ0v) is 8.96. The van der Waals surface area contributed by atoms with E-state index in [0.717, 1.165) is 0 Å². The minimum absolute atomic E-state index is 0.146. The van der Waals surface area contributed by atoms with Crippen molar-refractivity contribution in [2.24, 2.45) is 0 Å². The molecule has 0 amide bonds. The summed E-state index contributed by atoms with van der Waals surface area (Å²) in [7, 11) is 0. The highest BCUT2D eigenvalue weighted by molar-refractivity contribution is 9.10. The minimum atomic E-state index is -0.374. The maximum Gasteiger partial charge on any atom is 0.166 e. The molecule has 76 valence electrons. The smallest absolute Gasteiger partial charge is 0.166 e. The summed E-state index contributed by atoms with van der Waals surface area (Å²) in [4.78, 5) is 3.91. The van der Waals surface area contributed by atoms with Crippen LogP contribution in [-0.2, 0) is 0 Å². The molecular formula is C9H10BrFN2O. The van der Waals surface area contributed by atoms with Gasteiger partial charge in [-0.15, -0.1) is 0 Å². The Morgan fingerprint density at radius 1 is 1.57 bits per heavy atom. The van der Waals surface area contributed by atoms with Crippen LogP contribution in [0, 0.1) is 5.82 Å². The number of aliphatic hydroxyl groups excluding tert-OH is 1. The molecule has 1 heterocycles. The van der Waals surface area contributed by atoms with Crippen molar-refractivity contribution < 1.29 is 9.50 Å². The molecule has 1 fully saturated rings.